The Morgan fingerprint density at radius 3 is 2.11 bits per heavy atom. The summed E-state index contributed by atoms with van der Waals surface area (Å²) in [4.78, 5) is 30.2. The number of carbonyl (C=O) groups excluding carboxylic acids is 2. The van der Waals surface area contributed by atoms with Crippen LogP contribution in [0.2, 0.25) is 0 Å². The summed E-state index contributed by atoms with van der Waals surface area (Å²) >= 11 is 0. The first kappa shape index (κ1) is 24.4. The summed E-state index contributed by atoms with van der Waals surface area (Å²) in [6.07, 6.45) is 0. The van der Waals surface area contributed by atoms with E-state index in [1.807, 2.05) is 50.2 Å². The van der Waals surface area contributed by atoms with E-state index < -0.39 is 0 Å². The first-order chi connectivity index (χ1) is 17.9. The molecule has 37 heavy (non-hydrogen) atoms. The van der Waals surface area contributed by atoms with Crippen molar-refractivity contribution in [2.24, 2.45) is 0 Å². The highest BCUT2D eigenvalue weighted by molar-refractivity contribution is 6.02. The second-order valence-corrected chi connectivity index (χ2v) is 9.10. The van der Waals surface area contributed by atoms with Crippen LogP contribution >= 0.6 is 0 Å². The Bertz CT molecular complexity index is 1420. The maximum absolute atomic E-state index is 13.7. The van der Waals surface area contributed by atoms with Crippen LogP contribution in [0.3, 0.4) is 0 Å². The fourth-order valence-electron chi connectivity index (χ4n) is 4.56. The van der Waals surface area contributed by atoms with Gasteiger partial charge in [0, 0.05) is 31.7 Å². The highest BCUT2D eigenvalue weighted by atomic mass is 16.5. The van der Waals surface area contributed by atoms with Crippen LogP contribution in [0, 0.1) is 13.8 Å². The molecule has 1 aromatic heterocycles. The largest absolute Gasteiger partial charge is 0.497 e. The number of ether oxygens (including phenoxy) is 2. The van der Waals surface area contributed by atoms with Gasteiger partial charge in [-0.1, -0.05) is 29.4 Å². The zero-order valence-electron chi connectivity index (χ0n) is 21.2. The highest BCUT2D eigenvalue weighted by Crippen LogP contribution is 2.29. The Kier molecular flexibility index (Phi) is 6.81. The number of aryl methyl sites for hydroxylation is 2. The summed E-state index contributed by atoms with van der Waals surface area (Å²) in [5, 5.41) is 5.94. The predicted molar refractivity (Wildman–Crippen MR) is 139 cm³/mol. The Balaban J connectivity index is 1.33. The lowest BCUT2D eigenvalue weighted by Gasteiger charge is -2.35. The number of rotatable bonds is 6. The Morgan fingerprint density at radius 2 is 1.51 bits per heavy atom. The molecular formula is C29H29N3O5. The number of fused-ring (bicyclic) bond motifs is 1. The summed E-state index contributed by atoms with van der Waals surface area (Å²) in [5.41, 5.74) is 2.74. The average Bonchev–Trinajstić information content (AvgIpc) is 3.27. The van der Waals surface area contributed by atoms with E-state index in [1.54, 1.807) is 41.2 Å². The number of benzene rings is 3. The zero-order valence-corrected chi connectivity index (χ0v) is 21.2. The molecule has 1 aliphatic heterocycles. The van der Waals surface area contributed by atoms with Crippen LogP contribution in [0.15, 0.2) is 65.2 Å². The lowest BCUT2D eigenvalue weighted by atomic mass is 10.0. The van der Waals surface area contributed by atoms with Crippen molar-refractivity contribution in [3.63, 3.8) is 0 Å². The third kappa shape index (κ3) is 5.00. The van der Waals surface area contributed by atoms with Gasteiger partial charge in [0.25, 0.3) is 11.8 Å². The molecule has 2 amide bonds. The maximum Gasteiger partial charge on any atom is 0.257 e. The van der Waals surface area contributed by atoms with Crippen molar-refractivity contribution in [3.8, 4) is 11.5 Å². The van der Waals surface area contributed by atoms with Crippen LogP contribution < -0.4 is 9.47 Å². The number of carbonyl (C=O) groups is 2. The average molecular weight is 500 g/mol. The molecule has 4 aromatic rings. The minimum absolute atomic E-state index is 0.0519. The van der Waals surface area contributed by atoms with Gasteiger partial charge in [-0.3, -0.25) is 9.59 Å². The fraction of sp³-hybridized carbons (Fsp3) is 0.276. The molecule has 0 radical (unpaired) electrons. The monoisotopic (exact) mass is 499 g/mol. The molecule has 0 spiro atoms. The first-order valence-electron chi connectivity index (χ1n) is 12.2. The number of hydrogen-bond acceptors (Lipinski definition) is 6. The topological polar surface area (TPSA) is 85.1 Å². The van der Waals surface area contributed by atoms with Gasteiger partial charge in [-0.2, -0.15) is 0 Å². The molecule has 0 saturated carbocycles. The van der Waals surface area contributed by atoms with E-state index in [4.69, 9.17) is 14.0 Å². The van der Waals surface area contributed by atoms with Crippen molar-refractivity contribution in [2.45, 2.75) is 20.5 Å². The normalized spacial score (nSPS) is 13.6. The van der Waals surface area contributed by atoms with Crippen molar-refractivity contribution >= 4 is 22.6 Å². The number of amides is 2. The van der Waals surface area contributed by atoms with E-state index in [1.165, 1.54) is 0 Å². The smallest absolute Gasteiger partial charge is 0.257 e. The lowest BCUT2D eigenvalue weighted by molar-refractivity contribution is 0.0533. The van der Waals surface area contributed by atoms with E-state index in [2.05, 4.69) is 5.16 Å². The van der Waals surface area contributed by atoms with Crippen molar-refractivity contribution in [1.29, 1.82) is 0 Å². The lowest BCUT2D eigenvalue weighted by Crippen LogP contribution is -2.50. The molecule has 3 aromatic carbocycles. The highest BCUT2D eigenvalue weighted by Gasteiger charge is 2.27. The molecule has 8 heteroatoms. The number of methoxy groups -OCH3 is 1. The molecule has 2 heterocycles. The number of aromatic nitrogens is 1. The van der Waals surface area contributed by atoms with Crippen molar-refractivity contribution in [2.75, 3.05) is 33.3 Å². The Labute approximate surface area is 215 Å². The summed E-state index contributed by atoms with van der Waals surface area (Å²) in [6, 6.07) is 18.7. The second-order valence-electron chi connectivity index (χ2n) is 9.10. The van der Waals surface area contributed by atoms with E-state index >= 15 is 0 Å². The zero-order chi connectivity index (χ0) is 25.9. The molecule has 0 aliphatic carbocycles. The van der Waals surface area contributed by atoms with E-state index in [0.717, 1.165) is 22.0 Å². The molecule has 1 aliphatic rings. The summed E-state index contributed by atoms with van der Waals surface area (Å²) < 4.78 is 16.6. The summed E-state index contributed by atoms with van der Waals surface area (Å²) in [5.74, 6) is 1.75. The Morgan fingerprint density at radius 1 is 0.892 bits per heavy atom. The summed E-state index contributed by atoms with van der Waals surface area (Å²) in [7, 11) is 1.59. The van der Waals surface area contributed by atoms with Crippen molar-refractivity contribution in [3.05, 3.63) is 88.8 Å². The van der Waals surface area contributed by atoms with Gasteiger partial charge in [0.15, 0.2) is 0 Å². The quantitative estimate of drug-likeness (QED) is 0.385. The maximum atomic E-state index is 13.7. The molecule has 0 N–H and O–H groups in total. The Hall–Kier alpha value is -4.33. The van der Waals surface area contributed by atoms with Crippen LogP contribution in [0.5, 0.6) is 11.5 Å². The van der Waals surface area contributed by atoms with Crippen molar-refractivity contribution < 1.29 is 23.6 Å². The van der Waals surface area contributed by atoms with Gasteiger partial charge < -0.3 is 23.8 Å². The van der Waals surface area contributed by atoms with Crippen LogP contribution in [-0.2, 0) is 6.61 Å². The van der Waals surface area contributed by atoms with Gasteiger partial charge in [0.1, 0.15) is 23.9 Å². The minimum Gasteiger partial charge on any atom is -0.497 e. The molecule has 0 atom stereocenters. The molecule has 5 rings (SSSR count). The van der Waals surface area contributed by atoms with Gasteiger partial charge in [0.2, 0.25) is 0 Å². The molecule has 190 valence electrons. The molecular weight excluding hydrogens is 470 g/mol. The van der Waals surface area contributed by atoms with Gasteiger partial charge >= 0.3 is 0 Å². The van der Waals surface area contributed by atoms with Crippen molar-refractivity contribution in [1.82, 2.24) is 15.0 Å². The molecule has 1 fully saturated rings. The number of hydrogen-bond donors (Lipinski definition) is 0. The fourth-order valence-corrected chi connectivity index (χ4v) is 4.56. The standard InChI is InChI=1S/C29H29N3O5/c1-19-26(20(2)37-30-19)18-36-27-17-23-7-5-4-6-22(23)16-25(27)29(34)32-14-12-31(13-15-32)28(33)21-8-10-24(35-3)11-9-21/h4-11,16-17H,12-15,18H2,1-3H3. The minimum atomic E-state index is -0.115. The molecule has 0 bridgehead atoms. The molecule has 0 unspecified atom stereocenters. The predicted octanol–water partition coefficient (Wildman–Crippen LogP) is 4.63. The third-order valence-electron chi connectivity index (χ3n) is 6.82. The summed E-state index contributed by atoms with van der Waals surface area (Å²) in [6.45, 7) is 5.77. The van der Waals surface area contributed by atoms with Crippen LogP contribution in [0.4, 0.5) is 0 Å². The van der Waals surface area contributed by atoms with Gasteiger partial charge in [-0.15, -0.1) is 0 Å². The van der Waals surface area contributed by atoms with E-state index in [-0.39, 0.29) is 18.4 Å². The van der Waals surface area contributed by atoms with Crippen LogP contribution in [0.1, 0.15) is 37.7 Å². The second kappa shape index (κ2) is 10.3. The van der Waals surface area contributed by atoms with E-state index in [0.29, 0.717) is 54.6 Å². The number of nitrogens with zero attached hydrogens (tertiary/aromatic N) is 3. The third-order valence-corrected chi connectivity index (χ3v) is 6.82. The van der Waals surface area contributed by atoms with E-state index in [9.17, 15) is 9.59 Å². The SMILES string of the molecule is COc1ccc(C(=O)N2CCN(C(=O)c3cc4ccccc4cc3OCc3c(C)noc3C)CC2)cc1. The van der Waals surface area contributed by atoms with Crippen LogP contribution in [-0.4, -0.2) is 60.1 Å². The molecule has 1 saturated heterocycles. The van der Waals surface area contributed by atoms with Crippen LogP contribution in [0.25, 0.3) is 10.8 Å². The number of piperazine rings is 1. The van der Waals surface area contributed by atoms with Gasteiger partial charge in [-0.25, -0.2) is 0 Å². The van der Waals surface area contributed by atoms with Gasteiger partial charge in [-0.05, 0) is 61.0 Å². The molecule has 8 nitrogen and oxygen atoms in total. The van der Waals surface area contributed by atoms with Gasteiger partial charge in [0.05, 0.1) is 23.9 Å². The first-order valence-corrected chi connectivity index (χ1v) is 12.2.